The molecule has 6 heteroatoms. The molecule has 0 atom stereocenters. The monoisotopic (exact) mass is 343 g/mol. The third-order valence-corrected chi connectivity index (χ3v) is 4.96. The normalized spacial score (nSPS) is 19.5. The zero-order valence-electron chi connectivity index (χ0n) is 15.1. The predicted octanol–water partition coefficient (Wildman–Crippen LogP) is 3.37. The first-order valence-electron chi connectivity index (χ1n) is 9.37. The fraction of sp³-hybridized carbons (Fsp3) is 0.579. The van der Waals surface area contributed by atoms with Gasteiger partial charge in [0, 0.05) is 5.69 Å². The molecule has 2 aliphatic rings. The summed E-state index contributed by atoms with van der Waals surface area (Å²) >= 11 is 0. The maximum Gasteiger partial charge on any atom is 0.220 e. The van der Waals surface area contributed by atoms with Gasteiger partial charge in [-0.3, -0.25) is 4.90 Å². The van der Waals surface area contributed by atoms with E-state index in [4.69, 9.17) is 21.2 Å². The van der Waals surface area contributed by atoms with Crippen molar-refractivity contribution in [2.75, 3.05) is 11.5 Å². The first kappa shape index (κ1) is 17.6. The van der Waals surface area contributed by atoms with Crippen LogP contribution >= 0.6 is 0 Å². The van der Waals surface area contributed by atoms with E-state index in [0.717, 1.165) is 50.1 Å². The van der Waals surface area contributed by atoms with E-state index in [1.165, 1.54) is 19.3 Å². The molecule has 1 spiro atoms. The summed E-state index contributed by atoms with van der Waals surface area (Å²) in [7, 11) is 0. The van der Waals surface area contributed by atoms with E-state index in [1.54, 1.807) is 0 Å². The summed E-state index contributed by atoms with van der Waals surface area (Å²) in [5, 5.41) is 0. The van der Waals surface area contributed by atoms with Crippen molar-refractivity contribution < 1.29 is 4.74 Å². The van der Waals surface area contributed by atoms with Crippen LogP contribution in [-0.2, 0) is 0 Å². The Morgan fingerprint density at radius 3 is 2.48 bits per heavy atom. The van der Waals surface area contributed by atoms with Crippen LogP contribution in [0.4, 0.5) is 5.69 Å². The lowest BCUT2D eigenvalue weighted by Crippen LogP contribution is -2.58. The third kappa shape index (κ3) is 3.89. The number of hydrogen-bond acceptors (Lipinski definition) is 6. The lowest BCUT2D eigenvalue weighted by atomic mass is 9.87. The number of aliphatic imine (C=N–C) groups is 2. The maximum absolute atomic E-state index is 6.24. The molecular formula is C19H29N5O. The Kier molecular flexibility index (Phi) is 5.46. The van der Waals surface area contributed by atoms with E-state index >= 15 is 0 Å². The van der Waals surface area contributed by atoms with E-state index in [2.05, 4.69) is 11.9 Å². The van der Waals surface area contributed by atoms with Crippen LogP contribution in [0.25, 0.3) is 0 Å². The van der Waals surface area contributed by atoms with Crippen LogP contribution in [0.5, 0.6) is 5.75 Å². The molecule has 1 aliphatic carbocycles. The van der Waals surface area contributed by atoms with Crippen molar-refractivity contribution in [3.05, 3.63) is 24.3 Å². The highest BCUT2D eigenvalue weighted by Crippen LogP contribution is 2.39. The van der Waals surface area contributed by atoms with Crippen molar-refractivity contribution in [1.82, 2.24) is 0 Å². The van der Waals surface area contributed by atoms with Gasteiger partial charge in [-0.05, 0) is 56.4 Å². The highest BCUT2D eigenvalue weighted by atomic mass is 16.5. The minimum atomic E-state index is -0.391. The number of hydrogen-bond donors (Lipinski definition) is 2. The molecule has 1 heterocycles. The van der Waals surface area contributed by atoms with Gasteiger partial charge >= 0.3 is 0 Å². The average Bonchev–Trinajstić information content (AvgIpc) is 2.60. The number of guanidine groups is 2. The molecule has 25 heavy (non-hydrogen) atoms. The van der Waals surface area contributed by atoms with Gasteiger partial charge in [0.05, 0.1) is 6.61 Å². The summed E-state index contributed by atoms with van der Waals surface area (Å²) in [5.41, 5.74) is 12.7. The van der Waals surface area contributed by atoms with Crippen molar-refractivity contribution in [3.8, 4) is 5.75 Å². The Balaban J connectivity index is 1.77. The van der Waals surface area contributed by atoms with Crippen LogP contribution in [0.15, 0.2) is 34.3 Å². The molecule has 1 aliphatic heterocycles. The highest BCUT2D eigenvalue weighted by molar-refractivity contribution is 6.05. The van der Waals surface area contributed by atoms with Gasteiger partial charge in [-0.25, -0.2) is 4.99 Å². The maximum atomic E-state index is 6.24. The molecule has 0 unspecified atom stereocenters. The molecule has 0 aromatic heterocycles. The fourth-order valence-electron chi connectivity index (χ4n) is 3.73. The van der Waals surface area contributed by atoms with Gasteiger partial charge in [-0.2, -0.15) is 4.99 Å². The van der Waals surface area contributed by atoms with Gasteiger partial charge in [-0.15, -0.1) is 0 Å². The first-order valence-corrected chi connectivity index (χ1v) is 9.37. The zero-order chi connectivity index (χ0) is 17.7. The third-order valence-electron chi connectivity index (χ3n) is 4.96. The van der Waals surface area contributed by atoms with Crippen LogP contribution in [0.2, 0.25) is 0 Å². The molecule has 136 valence electrons. The van der Waals surface area contributed by atoms with Crippen LogP contribution in [-0.4, -0.2) is 24.2 Å². The SMILES string of the molecule is CCCCCOc1ccc(N2C(N)=NC(N)=NC23CCCCC3)cc1. The zero-order valence-corrected chi connectivity index (χ0v) is 15.1. The molecule has 0 saturated heterocycles. The van der Waals surface area contributed by atoms with Crippen molar-refractivity contribution in [2.45, 2.75) is 64.0 Å². The molecule has 3 rings (SSSR count). The summed E-state index contributed by atoms with van der Waals surface area (Å²) in [6, 6.07) is 8.05. The summed E-state index contributed by atoms with van der Waals surface area (Å²) in [5.74, 6) is 1.59. The van der Waals surface area contributed by atoms with Crippen LogP contribution < -0.4 is 21.1 Å². The van der Waals surface area contributed by atoms with Gasteiger partial charge < -0.3 is 16.2 Å². The number of rotatable bonds is 6. The second-order valence-electron chi connectivity index (χ2n) is 6.87. The molecule has 1 saturated carbocycles. The van der Waals surface area contributed by atoms with E-state index in [-0.39, 0.29) is 5.96 Å². The Morgan fingerprint density at radius 2 is 1.80 bits per heavy atom. The highest BCUT2D eigenvalue weighted by Gasteiger charge is 2.42. The quantitative estimate of drug-likeness (QED) is 0.775. The molecule has 0 radical (unpaired) electrons. The summed E-state index contributed by atoms with van der Waals surface area (Å²) < 4.78 is 5.80. The van der Waals surface area contributed by atoms with E-state index in [0.29, 0.717) is 5.96 Å². The molecular weight excluding hydrogens is 314 g/mol. The molecule has 0 amide bonds. The number of ether oxygens (including phenoxy) is 1. The molecule has 1 aromatic rings. The molecule has 6 nitrogen and oxygen atoms in total. The van der Waals surface area contributed by atoms with Crippen LogP contribution in [0.3, 0.4) is 0 Å². The Morgan fingerprint density at radius 1 is 1.08 bits per heavy atom. The topological polar surface area (TPSA) is 89.2 Å². The number of nitrogens with two attached hydrogens (primary N) is 2. The number of unbranched alkanes of at least 4 members (excludes halogenated alkanes) is 2. The summed E-state index contributed by atoms with van der Waals surface area (Å²) in [6.45, 7) is 2.95. The molecule has 4 N–H and O–H groups in total. The lowest BCUT2D eigenvalue weighted by molar-refractivity contribution is 0.303. The smallest absolute Gasteiger partial charge is 0.220 e. The Hall–Kier alpha value is -2.24. The van der Waals surface area contributed by atoms with Gasteiger partial charge in [-0.1, -0.05) is 26.2 Å². The van der Waals surface area contributed by atoms with Crippen LogP contribution in [0.1, 0.15) is 58.3 Å². The second kappa shape index (κ2) is 7.76. The van der Waals surface area contributed by atoms with Gasteiger partial charge in [0.25, 0.3) is 0 Å². The van der Waals surface area contributed by atoms with E-state index in [1.807, 2.05) is 29.2 Å². The number of nitrogens with zero attached hydrogens (tertiary/aromatic N) is 3. The summed E-state index contributed by atoms with van der Waals surface area (Å²) in [4.78, 5) is 10.9. The molecule has 1 fully saturated rings. The van der Waals surface area contributed by atoms with E-state index in [9.17, 15) is 0 Å². The minimum absolute atomic E-state index is 0.284. The van der Waals surface area contributed by atoms with Gasteiger partial charge in [0.2, 0.25) is 11.9 Å². The standard InChI is InChI=1S/C19H29N5O/c1-2-3-7-14-25-16-10-8-15(9-11-16)24-18(21)22-17(20)23-19(24)12-5-4-6-13-19/h8-11H,2-7,12-14H2,1H3,(H4,20,21,22,23). The van der Waals surface area contributed by atoms with Crippen LogP contribution in [0, 0.1) is 0 Å². The van der Waals surface area contributed by atoms with Crippen molar-refractivity contribution in [2.24, 2.45) is 21.5 Å². The second-order valence-corrected chi connectivity index (χ2v) is 6.87. The lowest BCUT2D eigenvalue weighted by Gasteiger charge is -2.45. The molecule has 1 aromatic carbocycles. The van der Waals surface area contributed by atoms with Gasteiger partial charge in [0.1, 0.15) is 11.4 Å². The Labute approximate surface area is 150 Å². The van der Waals surface area contributed by atoms with Crippen molar-refractivity contribution in [1.29, 1.82) is 0 Å². The first-order chi connectivity index (χ1) is 12.1. The van der Waals surface area contributed by atoms with Gasteiger partial charge in [0.15, 0.2) is 0 Å². The fourth-order valence-corrected chi connectivity index (χ4v) is 3.73. The number of anilines is 1. The van der Waals surface area contributed by atoms with Crippen molar-refractivity contribution >= 4 is 17.6 Å². The average molecular weight is 343 g/mol. The summed E-state index contributed by atoms with van der Waals surface area (Å²) in [6.07, 6.45) is 8.84. The minimum Gasteiger partial charge on any atom is -0.494 e. The largest absolute Gasteiger partial charge is 0.494 e. The predicted molar refractivity (Wildman–Crippen MR) is 103 cm³/mol. The van der Waals surface area contributed by atoms with E-state index < -0.39 is 5.66 Å². The number of benzene rings is 1. The van der Waals surface area contributed by atoms with Crippen molar-refractivity contribution in [3.63, 3.8) is 0 Å². The molecule has 0 bridgehead atoms. The Bertz CT molecular complexity index is 632.